The Morgan fingerprint density at radius 3 is 2.79 bits per heavy atom. The van der Waals surface area contributed by atoms with Crippen molar-refractivity contribution in [1.82, 2.24) is 0 Å². The van der Waals surface area contributed by atoms with Crippen LogP contribution in [0.25, 0.3) is 0 Å². The smallest absolute Gasteiger partial charge is 0.0793 e. The quantitative estimate of drug-likeness (QED) is 0.840. The van der Waals surface area contributed by atoms with Crippen LogP contribution in [0.15, 0.2) is 18.2 Å². The normalized spacial score (nSPS) is 18.2. The fourth-order valence-corrected chi connectivity index (χ4v) is 2.05. The van der Waals surface area contributed by atoms with E-state index < -0.39 is 0 Å². The first kappa shape index (κ1) is 10.7. The largest absolute Gasteiger partial charge is 0.388 e. The second-order valence-corrected chi connectivity index (χ2v) is 5.44. The van der Waals surface area contributed by atoms with Crippen LogP contribution in [0.3, 0.4) is 0 Å². The molecule has 1 aromatic rings. The molecular formula is C11H12ClIO. The summed E-state index contributed by atoms with van der Waals surface area (Å²) in [6.07, 6.45) is 3.10. The topological polar surface area (TPSA) is 20.2 Å². The molecular weight excluding hydrogens is 310 g/mol. The number of rotatable bonds is 3. The molecule has 1 aliphatic carbocycles. The number of halogens is 2. The van der Waals surface area contributed by atoms with Crippen LogP contribution in [0, 0.1) is 9.49 Å². The number of aliphatic hydroxyl groups excluding tert-OH is 1. The lowest BCUT2D eigenvalue weighted by molar-refractivity contribution is 0.160. The lowest BCUT2D eigenvalue weighted by Gasteiger charge is -2.10. The molecule has 0 aromatic heterocycles. The molecule has 3 heteroatoms. The fourth-order valence-electron chi connectivity index (χ4n) is 1.53. The highest BCUT2D eigenvalue weighted by Crippen LogP contribution is 2.38. The molecule has 0 saturated heterocycles. The van der Waals surface area contributed by atoms with Gasteiger partial charge >= 0.3 is 0 Å². The van der Waals surface area contributed by atoms with Gasteiger partial charge in [-0.1, -0.05) is 30.5 Å². The first-order chi connectivity index (χ1) is 6.66. The minimum absolute atomic E-state index is 0.336. The van der Waals surface area contributed by atoms with Gasteiger partial charge in [0.1, 0.15) is 0 Å². The summed E-state index contributed by atoms with van der Waals surface area (Å²) in [5.74, 6) is 0.739. The minimum atomic E-state index is -0.336. The Morgan fingerprint density at radius 1 is 1.50 bits per heavy atom. The first-order valence-electron chi connectivity index (χ1n) is 4.80. The van der Waals surface area contributed by atoms with Crippen molar-refractivity contribution in [3.05, 3.63) is 32.4 Å². The average molecular weight is 323 g/mol. The molecule has 1 saturated carbocycles. The molecule has 0 aliphatic heterocycles. The zero-order chi connectivity index (χ0) is 10.1. The molecule has 0 bridgehead atoms. The van der Waals surface area contributed by atoms with Crippen LogP contribution in [0.5, 0.6) is 0 Å². The molecule has 0 heterocycles. The molecule has 1 fully saturated rings. The lowest BCUT2D eigenvalue weighted by atomic mass is 10.0. The maximum Gasteiger partial charge on any atom is 0.0793 e. The third-order valence-electron chi connectivity index (χ3n) is 2.58. The fraction of sp³-hybridized carbons (Fsp3) is 0.455. The molecule has 14 heavy (non-hydrogen) atoms. The zero-order valence-corrected chi connectivity index (χ0v) is 10.6. The Kier molecular flexibility index (Phi) is 3.34. The first-order valence-corrected chi connectivity index (χ1v) is 6.25. The van der Waals surface area contributed by atoms with Crippen LogP contribution in [-0.4, -0.2) is 5.11 Å². The van der Waals surface area contributed by atoms with E-state index in [2.05, 4.69) is 22.6 Å². The van der Waals surface area contributed by atoms with E-state index >= 15 is 0 Å². The van der Waals surface area contributed by atoms with Gasteiger partial charge in [-0.05, 0) is 52.6 Å². The van der Waals surface area contributed by atoms with Gasteiger partial charge in [0.05, 0.1) is 11.1 Å². The highest BCUT2D eigenvalue weighted by molar-refractivity contribution is 14.1. The number of benzene rings is 1. The van der Waals surface area contributed by atoms with Crippen LogP contribution in [0.1, 0.15) is 30.9 Å². The van der Waals surface area contributed by atoms with Gasteiger partial charge in [0, 0.05) is 3.57 Å². The van der Waals surface area contributed by atoms with E-state index in [0.29, 0.717) is 0 Å². The number of hydrogen-bond acceptors (Lipinski definition) is 1. The molecule has 2 rings (SSSR count). The van der Waals surface area contributed by atoms with Crippen molar-refractivity contribution >= 4 is 34.2 Å². The van der Waals surface area contributed by atoms with E-state index in [1.165, 1.54) is 12.8 Å². The van der Waals surface area contributed by atoms with E-state index in [9.17, 15) is 5.11 Å². The van der Waals surface area contributed by atoms with Gasteiger partial charge in [0.25, 0.3) is 0 Å². The van der Waals surface area contributed by atoms with Gasteiger partial charge in [-0.25, -0.2) is 0 Å². The second-order valence-electron chi connectivity index (χ2n) is 3.87. The van der Waals surface area contributed by atoms with Crippen molar-refractivity contribution in [2.45, 2.75) is 25.4 Å². The molecule has 0 amide bonds. The number of hydrogen-bond donors (Lipinski definition) is 1. The Morgan fingerprint density at radius 2 is 2.21 bits per heavy atom. The van der Waals surface area contributed by atoms with Gasteiger partial charge in [0.2, 0.25) is 0 Å². The van der Waals surface area contributed by atoms with E-state index in [0.717, 1.165) is 26.5 Å². The lowest BCUT2D eigenvalue weighted by Crippen LogP contribution is -1.98. The van der Waals surface area contributed by atoms with Gasteiger partial charge in [-0.15, -0.1) is 0 Å². The predicted octanol–water partition coefficient (Wildman–Crippen LogP) is 3.78. The summed E-state index contributed by atoms with van der Waals surface area (Å²) in [6, 6.07) is 5.78. The van der Waals surface area contributed by atoms with Gasteiger partial charge in [0.15, 0.2) is 0 Å². The van der Waals surface area contributed by atoms with Crippen molar-refractivity contribution in [2.75, 3.05) is 0 Å². The van der Waals surface area contributed by atoms with Crippen LogP contribution < -0.4 is 0 Å². The Bertz CT molecular complexity index is 336. The highest BCUT2D eigenvalue weighted by atomic mass is 127. The molecule has 1 atom stereocenters. The summed E-state index contributed by atoms with van der Waals surface area (Å²) >= 11 is 8.18. The van der Waals surface area contributed by atoms with Crippen LogP contribution in [-0.2, 0) is 0 Å². The van der Waals surface area contributed by atoms with Crippen LogP contribution in [0.4, 0.5) is 0 Å². The molecule has 1 N–H and O–H groups in total. The van der Waals surface area contributed by atoms with E-state index in [-0.39, 0.29) is 6.10 Å². The summed E-state index contributed by atoms with van der Waals surface area (Å²) in [5, 5.41) is 10.6. The molecule has 76 valence electrons. The maximum absolute atomic E-state index is 9.89. The summed E-state index contributed by atoms with van der Waals surface area (Å²) in [5.41, 5.74) is 0.947. The monoisotopic (exact) mass is 322 g/mol. The second kappa shape index (κ2) is 4.37. The molecule has 1 aliphatic rings. The molecule has 0 radical (unpaired) electrons. The van der Waals surface area contributed by atoms with Crippen LogP contribution >= 0.6 is 34.2 Å². The third-order valence-corrected chi connectivity index (χ3v) is 4.15. The predicted molar refractivity (Wildman–Crippen MR) is 66.5 cm³/mol. The standard InChI is InChI=1S/C11H12ClIO/c12-9-6-8(3-4-10(9)13)11(14)5-7-1-2-7/h3-4,6-7,11,14H,1-2,5H2. The highest BCUT2D eigenvalue weighted by Gasteiger charge is 2.25. The van der Waals surface area contributed by atoms with Gasteiger partial charge in [-0.2, -0.15) is 0 Å². The number of aliphatic hydroxyl groups is 1. The Labute approximate surface area is 103 Å². The molecule has 1 aromatic carbocycles. The summed E-state index contributed by atoms with van der Waals surface area (Å²) < 4.78 is 1.03. The summed E-state index contributed by atoms with van der Waals surface area (Å²) in [6.45, 7) is 0. The maximum atomic E-state index is 9.89. The van der Waals surface area contributed by atoms with Crippen molar-refractivity contribution < 1.29 is 5.11 Å². The minimum Gasteiger partial charge on any atom is -0.388 e. The van der Waals surface area contributed by atoms with Gasteiger partial charge < -0.3 is 5.11 Å². The summed E-state index contributed by atoms with van der Waals surface area (Å²) in [4.78, 5) is 0. The van der Waals surface area contributed by atoms with E-state index in [1.54, 1.807) is 0 Å². The Balaban J connectivity index is 2.10. The van der Waals surface area contributed by atoms with Crippen molar-refractivity contribution in [1.29, 1.82) is 0 Å². The zero-order valence-electron chi connectivity index (χ0n) is 7.71. The third kappa shape index (κ3) is 2.61. The van der Waals surface area contributed by atoms with Crippen molar-refractivity contribution in [3.8, 4) is 0 Å². The summed E-state index contributed by atoms with van der Waals surface area (Å²) in [7, 11) is 0. The average Bonchev–Trinajstić information content (AvgIpc) is 2.93. The van der Waals surface area contributed by atoms with Crippen LogP contribution in [0.2, 0.25) is 5.02 Å². The van der Waals surface area contributed by atoms with Crippen molar-refractivity contribution in [3.63, 3.8) is 0 Å². The van der Waals surface area contributed by atoms with Crippen molar-refractivity contribution in [2.24, 2.45) is 5.92 Å². The SMILES string of the molecule is OC(CC1CC1)c1ccc(I)c(Cl)c1. The molecule has 1 unspecified atom stereocenters. The van der Waals surface area contributed by atoms with E-state index in [1.807, 2.05) is 18.2 Å². The van der Waals surface area contributed by atoms with E-state index in [4.69, 9.17) is 11.6 Å². The van der Waals surface area contributed by atoms with Gasteiger partial charge in [-0.3, -0.25) is 0 Å². The Hall–Kier alpha value is 0.200. The molecule has 1 nitrogen and oxygen atoms in total. The molecule has 0 spiro atoms.